The summed E-state index contributed by atoms with van der Waals surface area (Å²) >= 11 is 0. The van der Waals surface area contributed by atoms with Crippen molar-refractivity contribution in [1.82, 2.24) is 4.90 Å². The fraction of sp³-hybridized carbons (Fsp3) is 0.269. The van der Waals surface area contributed by atoms with E-state index >= 15 is 0 Å². The number of amides is 1. The van der Waals surface area contributed by atoms with Gasteiger partial charge in [0.15, 0.2) is 5.60 Å². The molecule has 3 aromatic rings. The van der Waals surface area contributed by atoms with Crippen molar-refractivity contribution in [2.75, 3.05) is 20.8 Å². The van der Waals surface area contributed by atoms with Gasteiger partial charge in [0.05, 0.1) is 14.2 Å². The third-order valence-corrected chi connectivity index (χ3v) is 6.71. The average molecular weight is 415 g/mol. The Balaban J connectivity index is 1.81. The van der Waals surface area contributed by atoms with E-state index in [0.29, 0.717) is 24.3 Å². The maximum Gasteiger partial charge on any atom is 0.260 e. The fourth-order valence-electron chi connectivity index (χ4n) is 5.33. The molecule has 0 saturated carbocycles. The second-order valence-electron chi connectivity index (χ2n) is 8.20. The number of hydrogen-bond donors (Lipinski definition) is 1. The highest BCUT2D eigenvalue weighted by molar-refractivity contribution is 5.92. The normalized spacial score (nSPS) is 24.5. The predicted octanol–water partition coefficient (Wildman–Crippen LogP) is 3.62. The van der Waals surface area contributed by atoms with Gasteiger partial charge in [-0.1, -0.05) is 60.7 Å². The Labute approximate surface area is 181 Å². The Morgan fingerprint density at radius 2 is 1.55 bits per heavy atom. The molecule has 2 heterocycles. The highest BCUT2D eigenvalue weighted by Gasteiger charge is 2.63. The first kappa shape index (κ1) is 19.6. The number of carbonyl (C=O) groups is 1. The van der Waals surface area contributed by atoms with Crippen molar-refractivity contribution in [2.24, 2.45) is 0 Å². The van der Waals surface area contributed by atoms with Crippen LogP contribution in [0.25, 0.3) is 0 Å². The molecule has 1 N–H and O–H groups in total. The molecular formula is C26H25NO4. The van der Waals surface area contributed by atoms with Gasteiger partial charge in [-0.25, -0.2) is 0 Å². The smallest absolute Gasteiger partial charge is 0.260 e. The number of rotatable bonds is 4. The van der Waals surface area contributed by atoms with Gasteiger partial charge in [0, 0.05) is 24.6 Å². The van der Waals surface area contributed by atoms with E-state index in [9.17, 15) is 9.90 Å². The number of fused-ring (bicyclic) bond motifs is 3. The van der Waals surface area contributed by atoms with Gasteiger partial charge in [0.2, 0.25) is 0 Å². The van der Waals surface area contributed by atoms with Gasteiger partial charge in [-0.05, 0) is 29.2 Å². The summed E-state index contributed by atoms with van der Waals surface area (Å²) in [5.41, 5.74) is 1.10. The van der Waals surface area contributed by atoms with Crippen LogP contribution in [0, 0.1) is 0 Å². The van der Waals surface area contributed by atoms with Gasteiger partial charge >= 0.3 is 0 Å². The molecule has 0 unspecified atom stereocenters. The number of nitrogens with zero attached hydrogens (tertiary/aromatic N) is 1. The number of hydrogen-bond acceptors (Lipinski definition) is 4. The molecule has 0 aromatic heterocycles. The van der Waals surface area contributed by atoms with Crippen LogP contribution in [0.1, 0.15) is 28.7 Å². The minimum absolute atomic E-state index is 0.211. The summed E-state index contributed by atoms with van der Waals surface area (Å²) < 4.78 is 11.3. The first-order valence-electron chi connectivity index (χ1n) is 10.5. The molecule has 2 atom stereocenters. The van der Waals surface area contributed by atoms with E-state index in [2.05, 4.69) is 0 Å². The molecule has 2 aliphatic rings. The number of methoxy groups -OCH3 is 2. The molecular weight excluding hydrogens is 390 g/mol. The summed E-state index contributed by atoms with van der Waals surface area (Å²) in [5.74, 6) is 1.11. The molecule has 0 spiro atoms. The summed E-state index contributed by atoms with van der Waals surface area (Å²) in [7, 11) is 3.27. The van der Waals surface area contributed by atoms with Crippen LogP contribution >= 0.6 is 0 Å². The van der Waals surface area contributed by atoms with Gasteiger partial charge < -0.3 is 19.5 Å². The number of carbonyl (C=O) groups excluding carboxylic acids is 1. The Bertz CT molecular complexity index is 1110. The van der Waals surface area contributed by atoms with Crippen LogP contribution in [0.15, 0.2) is 72.8 Å². The van der Waals surface area contributed by atoms with Crippen molar-refractivity contribution in [2.45, 2.75) is 24.0 Å². The second kappa shape index (κ2) is 7.13. The van der Waals surface area contributed by atoms with Crippen molar-refractivity contribution in [3.63, 3.8) is 0 Å². The zero-order valence-corrected chi connectivity index (χ0v) is 17.7. The lowest BCUT2D eigenvalue weighted by Crippen LogP contribution is -2.49. The van der Waals surface area contributed by atoms with E-state index in [4.69, 9.17) is 9.47 Å². The second-order valence-corrected chi connectivity index (χ2v) is 8.20. The van der Waals surface area contributed by atoms with Crippen molar-refractivity contribution >= 4 is 5.91 Å². The molecule has 0 aliphatic carbocycles. The molecule has 1 saturated heterocycles. The fourth-order valence-corrected chi connectivity index (χ4v) is 5.33. The average Bonchev–Trinajstić information content (AvgIpc) is 3.08. The van der Waals surface area contributed by atoms with Gasteiger partial charge in [0.1, 0.15) is 17.0 Å². The largest absolute Gasteiger partial charge is 0.497 e. The lowest BCUT2D eigenvalue weighted by Gasteiger charge is -2.44. The number of ether oxygens (including phenoxy) is 2. The van der Waals surface area contributed by atoms with E-state index < -0.39 is 11.1 Å². The van der Waals surface area contributed by atoms with Crippen LogP contribution in [-0.2, 0) is 22.4 Å². The molecule has 31 heavy (non-hydrogen) atoms. The van der Waals surface area contributed by atoms with Crippen molar-refractivity contribution in [1.29, 1.82) is 0 Å². The predicted molar refractivity (Wildman–Crippen MR) is 117 cm³/mol. The SMILES string of the molecule is COc1cc2c(c(OC)c1)[C@]1(c3ccccc3)C[C@@](O)(c3ccccc3)C(=O)N1CC2. The molecule has 158 valence electrons. The van der Waals surface area contributed by atoms with Crippen molar-refractivity contribution in [3.8, 4) is 11.5 Å². The van der Waals surface area contributed by atoms with Crippen molar-refractivity contribution in [3.05, 3.63) is 95.1 Å². The van der Waals surface area contributed by atoms with E-state index in [1.54, 1.807) is 14.2 Å². The molecule has 5 rings (SSSR count). The van der Waals surface area contributed by atoms with Gasteiger partial charge in [0.25, 0.3) is 5.91 Å². The minimum Gasteiger partial charge on any atom is -0.497 e. The summed E-state index contributed by atoms with van der Waals surface area (Å²) in [6.07, 6.45) is 0.872. The Hall–Kier alpha value is -3.31. The third kappa shape index (κ3) is 2.70. The topological polar surface area (TPSA) is 59.0 Å². The van der Waals surface area contributed by atoms with E-state index in [1.165, 1.54) is 0 Å². The molecule has 0 bridgehead atoms. The maximum absolute atomic E-state index is 13.8. The van der Waals surface area contributed by atoms with Gasteiger partial charge in [-0.2, -0.15) is 0 Å². The molecule has 5 heteroatoms. The summed E-state index contributed by atoms with van der Waals surface area (Å²) in [4.78, 5) is 15.6. The molecule has 3 aromatic carbocycles. The molecule has 1 fully saturated rings. The van der Waals surface area contributed by atoms with Crippen LogP contribution in [-0.4, -0.2) is 36.7 Å². The first-order valence-corrected chi connectivity index (χ1v) is 10.5. The van der Waals surface area contributed by atoms with Gasteiger partial charge in [-0.15, -0.1) is 0 Å². The van der Waals surface area contributed by atoms with E-state index in [1.807, 2.05) is 77.7 Å². The van der Waals surface area contributed by atoms with E-state index in [-0.39, 0.29) is 12.3 Å². The number of benzene rings is 3. The highest BCUT2D eigenvalue weighted by Crippen LogP contribution is 2.57. The molecule has 1 amide bonds. The molecule has 2 aliphatic heterocycles. The zero-order chi connectivity index (χ0) is 21.6. The Morgan fingerprint density at radius 3 is 2.16 bits per heavy atom. The Morgan fingerprint density at radius 1 is 0.903 bits per heavy atom. The van der Waals surface area contributed by atoms with E-state index in [0.717, 1.165) is 22.4 Å². The first-order chi connectivity index (χ1) is 15.0. The van der Waals surface area contributed by atoms with Crippen LogP contribution in [0.4, 0.5) is 0 Å². The zero-order valence-electron chi connectivity index (χ0n) is 17.7. The summed E-state index contributed by atoms with van der Waals surface area (Å²) in [6.45, 7) is 0.506. The van der Waals surface area contributed by atoms with Crippen molar-refractivity contribution < 1.29 is 19.4 Å². The number of aliphatic hydroxyl groups is 1. The van der Waals surface area contributed by atoms with Gasteiger partial charge in [-0.3, -0.25) is 4.79 Å². The lowest BCUT2D eigenvalue weighted by molar-refractivity contribution is -0.145. The van der Waals surface area contributed by atoms with Crippen LogP contribution in [0.5, 0.6) is 11.5 Å². The van der Waals surface area contributed by atoms with Crippen LogP contribution in [0.2, 0.25) is 0 Å². The lowest BCUT2D eigenvalue weighted by atomic mass is 9.72. The summed E-state index contributed by atoms with van der Waals surface area (Å²) in [5, 5.41) is 11.8. The molecule has 0 radical (unpaired) electrons. The standard InChI is InChI=1S/C26H25NO4/c1-30-21-15-18-13-14-27-24(28)26(29,20-11-7-4-8-12-20)17-25(27,19-9-5-3-6-10-19)23(18)22(16-21)31-2/h3-12,15-16,29H,13-14,17H2,1-2H3/t25-,26-/m1/s1. The monoisotopic (exact) mass is 415 g/mol. The molecule has 5 nitrogen and oxygen atoms in total. The maximum atomic E-state index is 13.8. The third-order valence-electron chi connectivity index (χ3n) is 6.71. The summed E-state index contributed by atoms with van der Waals surface area (Å²) in [6, 6.07) is 23.1. The minimum atomic E-state index is -1.62. The van der Waals surface area contributed by atoms with Crippen LogP contribution in [0.3, 0.4) is 0 Å². The van der Waals surface area contributed by atoms with Crippen LogP contribution < -0.4 is 9.47 Å². The Kier molecular flexibility index (Phi) is 4.52. The highest BCUT2D eigenvalue weighted by atomic mass is 16.5. The quantitative estimate of drug-likeness (QED) is 0.707.